The van der Waals surface area contributed by atoms with E-state index in [-0.39, 0.29) is 18.1 Å². The molecular formula is C23H27NO4. The van der Waals surface area contributed by atoms with Crippen LogP contribution in [0.2, 0.25) is 0 Å². The summed E-state index contributed by atoms with van der Waals surface area (Å²) in [6.07, 6.45) is 4.28. The predicted molar refractivity (Wildman–Crippen MR) is 107 cm³/mol. The number of amides is 1. The molecule has 2 saturated heterocycles. The number of carbonyl (C=O) groups excluding carboxylic acids is 1. The molecule has 2 aliphatic rings. The van der Waals surface area contributed by atoms with E-state index in [1.54, 1.807) is 7.11 Å². The summed E-state index contributed by atoms with van der Waals surface area (Å²) in [7, 11) is 1.66. The van der Waals surface area contributed by atoms with E-state index in [4.69, 9.17) is 14.2 Å². The molecule has 0 aromatic heterocycles. The van der Waals surface area contributed by atoms with Crippen LogP contribution in [0.4, 0.5) is 0 Å². The summed E-state index contributed by atoms with van der Waals surface area (Å²) in [5.41, 5.74) is 1.82. The molecule has 28 heavy (non-hydrogen) atoms. The standard InChI is InChI=1S/C23H27NO4/c1-26-19-11-9-17(10-12-19)22-8-3-13-24(22)23(25)18-5-2-6-20(15-18)28-16-21-7-4-14-27-21/h2,5-6,9-12,15,21-22H,3-4,7-8,13-14,16H2,1H3/t21-,22+/m0/s1. The number of likely N-dealkylation sites (tertiary alicyclic amines) is 1. The number of rotatable bonds is 6. The second kappa shape index (κ2) is 8.65. The monoisotopic (exact) mass is 381 g/mol. The Morgan fingerprint density at radius 2 is 1.96 bits per heavy atom. The average molecular weight is 381 g/mol. The van der Waals surface area contributed by atoms with E-state index in [1.165, 1.54) is 0 Å². The predicted octanol–water partition coefficient (Wildman–Crippen LogP) is 4.23. The molecule has 0 unspecified atom stereocenters. The fourth-order valence-electron chi connectivity index (χ4n) is 4.03. The summed E-state index contributed by atoms with van der Waals surface area (Å²) in [6.45, 7) is 2.13. The summed E-state index contributed by atoms with van der Waals surface area (Å²) < 4.78 is 16.7. The molecule has 5 heteroatoms. The highest BCUT2D eigenvalue weighted by Gasteiger charge is 2.30. The van der Waals surface area contributed by atoms with Gasteiger partial charge >= 0.3 is 0 Å². The average Bonchev–Trinajstić information content (AvgIpc) is 3.44. The number of carbonyl (C=O) groups is 1. The van der Waals surface area contributed by atoms with E-state index in [0.29, 0.717) is 12.2 Å². The lowest BCUT2D eigenvalue weighted by Crippen LogP contribution is -2.30. The third-order valence-corrected chi connectivity index (χ3v) is 5.56. The van der Waals surface area contributed by atoms with Crippen LogP contribution in [0.5, 0.6) is 11.5 Å². The van der Waals surface area contributed by atoms with Crippen molar-refractivity contribution in [3.63, 3.8) is 0 Å². The molecule has 0 bridgehead atoms. The van der Waals surface area contributed by atoms with E-state index < -0.39 is 0 Å². The van der Waals surface area contributed by atoms with Crippen LogP contribution in [-0.4, -0.2) is 43.8 Å². The minimum absolute atomic E-state index is 0.0564. The van der Waals surface area contributed by atoms with E-state index in [9.17, 15) is 4.79 Å². The lowest BCUT2D eigenvalue weighted by molar-refractivity contribution is 0.0676. The molecule has 1 amide bonds. The Morgan fingerprint density at radius 3 is 2.71 bits per heavy atom. The zero-order valence-electron chi connectivity index (χ0n) is 16.3. The molecule has 2 aromatic carbocycles. The Labute approximate surface area is 166 Å². The van der Waals surface area contributed by atoms with Crippen LogP contribution in [0.15, 0.2) is 48.5 Å². The normalized spacial score (nSPS) is 21.7. The highest BCUT2D eigenvalue weighted by atomic mass is 16.5. The summed E-state index contributed by atoms with van der Waals surface area (Å²) in [6, 6.07) is 15.6. The fraction of sp³-hybridized carbons (Fsp3) is 0.435. The molecule has 2 heterocycles. The van der Waals surface area contributed by atoms with Gasteiger partial charge in [-0.25, -0.2) is 0 Å². The molecule has 0 N–H and O–H groups in total. The molecule has 148 valence electrons. The first kappa shape index (κ1) is 18.8. The molecule has 2 atom stereocenters. The van der Waals surface area contributed by atoms with Gasteiger partial charge in [-0.2, -0.15) is 0 Å². The summed E-state index contributed by atoms with van der Waals surface area (Å²) in [5.74, 6) is 1.61. The first-order valence-corrected chi connectivity index (χ1v) is 10.0. The van der Waals surface area contributed by atoms with Crippen molar-refractivity contribution >= 4 is 5.91 Å². The minimum atomic E-state index is 0.0564. The third-order valence-electron chi connectivity index (χ3n) is 5.56. The summed E-state index contributed by atoms with van der Waals surface area (Å²) in [4.78, 5) is 15.2. The molecule has 0 spiro atoms. The Balaban J connectivity index is 1.45. The van der Waals surface area contributed by atoms with Crippen LogP contribution in [0.1, 0.15) is 47.6 Å². The van der Waals surface area contributed by atoms with Gasteiger partial charge in [0.15, 0.2) is 0 Å². The van der Waals surface area contributed by atoms with Crippen LogP contribution in [0.3, 0.4) is 0 Å². The lowest BCUT2D eigenvalue weighted by atomic mass is 10.0. The van der Waals surface area contributed by atoms with Gasteiger partial charge in [0.2, 0.25) is 0 Å². The molecule has 2 aromatic rings. The smallest absolute Gasteiger partial charge is 0.254 e. The largest absolute Gasteiger partial charge is 0.497 e. The van der Waals surface area contributed by atoms with Crippen molar-refractivity contribution in [3.05, 3.63) is 59.7 Å². The van der Waals surface area contributed by atoms with Crippen molar-refractivity contribution in [3.8, 4) is 11.5 Å². The van der Waals surface area contributed by atoms with Gasteiger partial charge in [-0.15, -0.1) is 0 Å². The SMILES string of the molecule is COc1ccc([C@H]2CCCN2C(=O)c2cccc(OC[C@@H]3CCCO3)c2)cc1. The van der Waals surface area contributed by atoms with Crippen molar-refractivity contribution < 1.29 is 19.0 Å². The number of nitrogens with zero attached hydrogens (tertiary/aromatic N) is 1. The molecule has 2 aliphatic heterocycles. The number of ether oxygens (including phenoxy) is 3. The second-order valence-electron chi connectivity index (χ2n) is 7.40. The number of methoxy groups -OCH3 is 1. The Bertz CT molecular complexity index is 799. The molecule has 0 radical (unpaired) electrons. The first-order valence-electron chi connectivity index (χ1n) is 10.0. The molecule has 0 saturated carbocycles. The van der Waals surface area contributed by atoms with Gasteiger partial charge in [0, 0.05) is 18.7 Å². The quantitative estimate of drug-likeness (QED) is 0.751. The maximum atomic E-state index is 13.2. The highest BCUT2D eigenvalue weighted by Crippen LogP contribution is 2.34. The zero-order valence-corrected chi connectivity index (χ0v) is 16.3. The van der Waals surface area contributed by atoms with Crippen molar-refractivity contribution in [2.75, 3.05) is 26.9 Å². The maximum Gasteiger partial charge on any atom is 0.254 e. The Kier molecular flexibility index (Phi) is 5.81. The highest BCUT2D eigenvalue weighted by molar-refractivity contribution is 5.95. The summed E-state index contributed by atoms with van der Waals surface area (Å²) in [5, 5.41) is 0. The van der Waals surface area contributed by atoms with E-state index in [2.05, 4.69) is 12.1 Å². The second-order valence-corrected chi connectivity index (χ2v) is 7.40. The first-order chi connectivity index (χ1) is 13.7. The van der Waals surface area contributed by atoms with Gasteiger partial charge in [-0.05, 0) is 61.6 Å². The van der Waals surface area contributed by atoms with Crippen LogP contribution in [-0.2, 0) is 4.74 Å². The van der Waals surface area contributed by atoms with E-state index in [0.717, 1.165) is 55.9 Å². The van der Waals surface area contributed by atoms with Crippen LogP contribution < -0.4 is 9.47 Å². The van der Waals surface area contributed by atoms with E-state index >= 15 is 0 Å². The van der Waals surface area contributed by atoms with Crippen LogP contribution in [0, 0.1) is 0 Å². The van der Waals surface area contributed by atoms with Gasteiger partial charge in [-0.3, -0.25) is 4.79 Å². The minimum Gasteiger partial charge on any atom is -0.497 e. The Morgan fingerprint density at radius 1 is 1.11 bits per heavy atom. The fourth-order valence-corrected chi connectivity index (χ4v) is 4.03. The maximum absolute atomic E-state index is 13.2. The molecule has 5 nitrogen and oxygen atoms in total. The molecule has 2 fully saturated rings. The topological polar surface area (TPSA) is 48.0 Å². The molecular weight excluding hydrogens is 354 g/mol. The van der Waals surface area contributed by atoms with E-state index in [1.807, 2.05) is 41.3 Å². The third kappa shape index (κ3) is 4.14. The molecule has 4 rings (SSSR count). The number of hydrogen-bond acceptors (Lipinski definition) is 4. The van der Waals surface area contributed by atoms with Crippen molar-refractivity contribution in [1.82, 2.24) is 4.90 Å². The van der Waals surface area contributed by atoms with Gasteiger partial charge in [-0.1, -0.05) is 18.2 Å². The van der Waals surface area contributed by atoms with Gasteiger partial charge in [0.25, 0.3) is 5.91 Å². The number of hydrogen-bond donors (Lipinski definition) is 0. The van der Waals surface area contributed by atoms with Crippen molar-refractivity contribution in [1.29, 1.82) is 0 Å². The van der Waals surface area contributed by atoms with Crippen LogP contribution >= 0.6 is 0 Å². The summed E-state index contributed by atoms with van der Waals surface area (Å²) >= 11 is 0. The zero-order chi connectivity index (χ0) is 19.3. The molecule has 0 aliphatic carbocycles. The van der Waals surface area contributed by atoms with Crippen LogP contribution in [0.25, 0.3) is 0 Å². The van der Waals surface area contributed by atoms with Gasteiger partial charge in [0.05, 0.1) is 19.3 Å². The number of benzene rings is 2. The van der Waals surface area contributed by atoms with Gasteiger partial charge < -0.3 is 19.1 Å². The van der Waals surface area contributed by atoms with Crippen molar-refractivity contribution in [2.24, 2.45) is 0 Å². The lowest BCUT2D eigenvalue weighted by Gasteiger charge is -2.25. The van der Waals surface area contributed by atoms with Gasteiger partial charge in [0.1, 0.15) is 18.1 Å². The van der Waals surface area contributed by atoms with Crippen molar-refractivity contribution in [2.45, 2.75) is 37.8 Å². The Hall–Kier alpha value is -2.53.